The van der Waals surface area contributed by atoms with Crippen LogP contribution in [0.2, 0.25) is 0 Å². The summed E-state index contributed by atoms with van der Waals surface area (Å²) < 4.78 is 42.7. The fourth-order valence-electron chi connectivity index (χ4n) is 2.11. The Balaban J connectivity index is 1.72. The van der Waals surface area contributed by atoms with Crippen molar-refractivity contribution in [3.05, 3.63) is 65.2 Å². The Morgan fingerprint density at radius 1 is 1.12 bits per heavy atom. The summed E-state index contributed by atoms with van der Waals surface area (Å²) in [6.45, 7) is 2.16. The van der Waals surface area contributed by atoms with E-state index in [9.17, 15) is 18.0 Å². The zero-order valence-electron chi connectivity index (χ0n) is 13.2. The molecule has 0 bridgehead atoms. The number of amides is 1. The molecule has 3 nitrogen and oxygen atoms in total. The maximum atomic E-state index is 12.5. The van der Waals surface area contributed by atoms with Gasteiger partial charge in [-0.05, 0) is 48.7 Å². The molecule has 0 saturated carbocycles. The predicted octanol–water partition coefficient (Wildman–Crippen LogP) is 3.75. The van der Waals surface area contributed by atoms with Crippen LogP contribution >= 0.6 is 0 Å². The molecular formula is C18H18F3NO2. The van der Waals surface area contributed by atoms with Crippen molar-refractivity contribution >= 4 is 5.91 Å². The van der Waals surface area contributed by atoms with Gasteiger partial charge in [-0.2, -0.15) is 13.2 Å². The number of carbonyl (C=O) groups excluding carboxylic acids is 1. The molecule has 0 aromatic heterocycles. The van der Waals surface area contributed by atoms with Crippen molar-refractivity contribution in [3.8, 4) is 5.75 Å². The fraction of sp³-hybridized carbons (Fsp3) is 0.278. The fourth-order valence-corrected chi connectivity index (χ4v) is 2.11. The van der Waals surface area contributed by atoms with E-state index in [1.807, 2.05) is 25.1 Å². The number of ether oxygens (including phenoxy) is 1. The van der Waals surface area contributed by atoms with Crippen LogP contribution in [0.1, 0.15) is 16.7 Å². The second-order valence-electron chi connectivity index (χ2n) is 5.40. The van der Waals surface area contributed by atoms with Gasteiger partial charge in [-0.25, -0.2) is 0 Å². The Hall–Kier alpha value is -2.50. The Morgan fingerprint density at radius 2 is 1.83 bits per heavy atom. The number of aryl methyl sites for hydroxylation is 1. The molecule has 1 amide bonds. The molecule has 6 heteroatoms. The lowest BCUT2D eigenvalue weighted by Crippen LogP contribution is -2.30. The molecule has 0 fully saturated rings. The highest BCUT2D eigenvalue weighted by atomic mass is 19.4. The zero-order chi connectivity index (χ0) is 17.6. The second kappa shape index (κ2) is 7.86. The maximum Gasteiger partial charge on any atom is 0.416 e. The summed E-state index contributed by atoms with van der Waals surface area (Å²) in [6, 6.07) is 12.3. The van der Waals surface area contributed by atoms with E-state index in [1.54, 1.807) is 6.07 Å². The standard InChI is InChI=1S/C18H18F3NO2/c1-13-3-2-4-16(11-13)24-12-17(23)22-10-9-14-5-7-15(8-6-14)18(19,20)21/h2-8,11H,9-10,12H2,1H3,(H,22,23). The number of nitrogens with one attached hydrogen (secondary N) is 1. The summed E-state index contributed by atoms with van der Waals surface area (Å²) in [6.07, 6.45) is -3.88. The molecule has 0 aliphatic carbocycles. The average Bonchev–Trinajstić information content (AvgIpc) is 2.53. The SMILES string of the molecule is Cc1cccc(OCC(=O)NCCc2ccc(C(F)(F)F)cc2)c1. The lowest BCUT2D eigenvalue weighted by atomic mass is 10.1. The number of carbonyl (C=O) groups is 1. The van der Waals surface area contributed by atoms with E-state index in [4.69, 9.17) is 4.74 Å². The minimum absolute atomic E-state index is 0.101. The van der Waals surface area contributed by atoms with Crippen LogP contribution in [0.3, 0.4) is 0 Å². The van der Waals surface area contributed by atoms with Gasteiger partial charge < -0.3 is 10.1 Å². The first-order valence-electron chi connectivity index (χ1n) is 7.47. The van der Waals surface area contributed by atoms with Gasteiger partial charge in [0.2, 0.25) is 0 Å². The van der Waals surface area contributed by atoms with Gasteiger partial charge in [0.1, 0.15) is 5.75 Å². The first-order valence-corrected chi connectivity index (χ1v) is 7.47. The number of alkyl halides is 3. The third-order valence-electron chi connectivity index (χ3n) is 3.38. The summed E-state index contributed by atoms with van der Waals surface area (Å²) in [5.41, 5.74) is 1.08. The molecule has 0 aliphatic heterocycles. The second-order valence-corrected chi connectivity index (χ2v) is 5.40. The van der Waals surface area contributed by atoms with Gasteiger partial charge in [0.05, 0.1) is 5.56 Å². The Kier molecular flexibility index (Phi) is 5.84. The first-order chi connectivity index (χ1) is 11.3. The normalized spacial score (nSPS) is 11.2. The highest BCUT2D eigenvalue weighted by Crippen LogP contribution is 2.29. The van der Waals surface area contributed by atoms with Crippen LogP contribution in [-0.4, -0.2) is 19.1 Å². The quantitative estimate of drug-likeness (QED) is 0.872. The van der Waals surface area contributed by atoms with Crippen molar-refractivity contribution in [1.82, 2.24) is 5.32 Å². The number of halogens is 3. The minimum atomic E-state index is -4.33. The largest absolute Gasteiger partial charge is 0.484 e. The van der Waals surface area contributed by atoms with E-state index in [-0.39, 0.29) is 12.5 Å². The minimum Gasteiger partial charge on any atom is -0.484 e. The van der Waals surface area contributed by atoms with Gasteiger partial charge in [0.15, 0.2) is 6.61 Å². The molecule has 128 valence electrons. The molecule has 1 N–H and O–H groups in total. The molecule has 0 unspecified atom stereocenters. The van der Waals surface area contributed by atoms with Crippen molar-refractivity contribution in [2.75, 3.05) is 13.2 Å². The van der Waals surface area contributed by atoms with Crippen LogP contribution in [-0.2, 0) is 17.4 Å². The summed E-state index contributed by atoms with van der Waals surface area (Å²) in [5.74, 6) is 0.344. The summed E-state index contributed by atoms with van der Waals surface area (Å²) in [7, 11) is 0. The van der Waals surface area contributed by atoms with E-state index in [0.717, 1.165) is 23.3 Å². The van der Waals surface area contributed by atoms with Crippen LogP contribution in [0.25, 0.3) is 0 Å². The lowest BCUT2D eigenvalue weighted by molar-refractivity contribution is -0.137. The third kappa shape index (κ3) is 5.61. The van der Waals surface area contributed by atoms with E-state index in [2.05, 4.69) is 5.32 Å². The van der Waals surface area contributed by atoms with E-state index in [0.29, 0.717) is 18.7 Å². The molecule has 24 heavy (non-hydrogen) atoms. The van der Waals surface area contributed by atoms with E-state index in [1.165, 1.54) is 12.1 Å². The number of hydrogen-bond donors (Lipinski definition) is 1. The van der Waals surface area contributed by atoms with Crippen molar-refractivity contribution in [2.45, 2.75) is 19.5 Å². The van der Waals surface area contributed by atoms with Gasteiger partial charge >= 0.3 is 6.18 Å². The molecule has 2 aromatic rings. The maximum absolute atomic E-state index is 12.5. The average molecular weight is 337 g/mol. The van der Waals surface area contributed by atoms with Gasteiger partial charge in [-0.15, -0.1) is 0 Å². The van der Waals surface area contributed by atoms with E-state index < -0.39 is 11.7 Å². The van der Waals surface area contributed by atoms with Crippen LogP contribution in [0.4, 0.5) is 13.2 Å². The lowest BCUT2D eigenvalue weighted by Gasteiger charge is -2.09. The van der Waals surface area contributed by atoms with Gasteiger partial charge in [0, 0.05) is 6.54 Å². The van der Waals surface area contributed by atoms with Gasteiger partial charge in [0.25, 0.3) is 5.91 Å². The molecule has 0 radical (unpaired) electrons. The first kappa shape index (κ1) is 17.8. The van der Waals surface area contributed by atoms with Crippen molar-refractivity contribution in [2.24, 2.45) is 0 Å². The summed E-state index contributed by atoms with van der Waals surface area (Å²) in [5, 5.41) is 2.67. The third-order valence-corrected chi connectivity index (χ3v) is 3.38. The van der Waals surface area contributed by atoms with Crippen molar-refractivity contribution < 1.29 is 22.7 Å². The Bertz CT molecular complexity index is 681. The topological polar surface area (TPSA) is 38.3 Å². The Morgan fingerprint density at radius 3 is 2.46 bits per heavy atom. The molecular weight excluding hydrogens is 319 g/mol. The van der Waals surface area contributed by atoms with Crippen LogP contribution in [0.15, 0.2) is 48.5 Å². The number of benzene rings is 2. The van der Waals surface area contributed by atoms with Crippen LogP contribution < -0.4 is 10.1 Å². The predicted molar refractivity (Wildman–Crippen MR) is 84.8 cm³/mol. The van der Waals surface area contributed by atoms with Crippen LogP contribution in [0, 0.1) is 6.92 Å². The summed E-state index contributed by atoms with van der Waals surface area (Å²) >= 11 is 0. The van der Waals surface area contributed by atoms with Crippen molar-refractivity contribution in [3.63, 3.8) is 0 Å². The molecule has 0 atom stereocenters. The number of rotatable bonds is 6. The highest BCUT2D eigenvalue weighted by Gasteiger charge is 2.29. The summed E-state index contributed by atoms with van der Waals surface area (Å²) in [4.78, 5) is 11.7. The molecule has 0 heterocycles. The monoisotopic (exact) mass is 337 g/mol. The van der Waals surface area contributed by atoms with Crippen LogP contribution in [0.5, 0.6) is 5.75 Å². The molecule has 0 spiro atoms. The Labute approximate surface area is 138 Å². The molecule has 2 rings (SSSR count). The highest BCUT2D eigenvalue weighted by molar-refractivity contribution is 5.77. The molecule has 0 saturated heterocycles. The molecule has 0 aliphatic rings. The van der Waals surface area contributed by atoms with Crippen molar-refractivity contribution in [1.29, 1.82) is 0 Å². The zero-order valence-corrected chi connectivity index (χ0v) is 13.2. The number of hydrogen-bond acceptors (Lipinski definition) is 2. The smallest absolute Gasteiger partial charge is 0.416 e. The van der Waals surface area contributed by atoms with Gasteiger partial charge in [-0.3, -0.25) is 4.79 Å². The van der Waals surface area contributed by atoms with Gasteiger partial charge in [-0.1, -0.05) is 24.3 Å². The molecule has 2 aromatic carbocycles. The van der Waals surface area contributed by atoms with E-state index >= 15 is 0 Å².